The molecular weight excluding hydrogens is 238 g/mol. The van der Waals surface area contributed by atoms with E-state index >= 15 is 0 Å². The van der Waals surface area contributed by atoms with Gasteiger partial charge in [0, 0.05) is 31.0 Å². The number of aromatic nitrogens is 1. The Morgan fingerprint density at radius 1 is 1.16 bits per heavy atom. The molecule has 1 aromatic heterocycles. The third kappa shape index (κ3) is 2.50. The van der Waals surface area contributed by atoms with E-state index < -0.39 is 0 Å². The van der Waals surface area contributed by atoms with Crippen LogP contribution in [0.25, 0.3) is 0 Å². The standard InChI is InChI=1S/C15H21N3O/c1-17-9-4-15(5-10-17)6-11-18(12-15)14(19)13-2-7-16-8-3-13/h2-3,7-8H,4-6,9-12H2,1H3. The number of rotatable bonds is 1. The van der Waals surface area contributed by atoms with Gasteiger partial charge in [-0.25, -0.2) is 0 Å². The zero-order chi connectivity index (χ0) is 13.3. The second-order valence-corrected chi connectivity index (χ2v) is 6.02. The molecule has 3 rings (SSSR count). The summed E-state index contributed by atoms with van der Waals surface area (Å²) in [6, 6.07) is 3.62. The summed E-state index contributed by atoms with van der Waals surface area (Å²) in [4.78, 5) is 20.8. The Labute approximate surface area is 114 Å². The van der Waals surface area contributed by atoms with Crippen molar-refractivity contribution in [2.75, 3.05) is 33.2 Å². The van der Waals surface area contributed by atoms with Crippen molar-refractivity contribution < 1.29 is 4.79 Å². The van der Waals surface area contributed by atoms with Gasteiger partial charge in [-0.2, -0.15) is 0 Å². The first-order valence-corrected chi connectivity index (χ1v) is 7.06. The van der Waals surface area contributed by atoms with Crippen molar-refractivity contribution in [1.29, 1.82) is 0 Å². The number of nitrogens with zero attached hydrogens (tertiary/aromatic N) is 3. The minimum absolute atomic E-state index is 0.165. The van der Waals surface area contributed by atoms with Crippen LogP contribution in [0.4, 0.5) is 0 Å². The van der Waals surface area contributed by atoms with Gasteiger partial charge in [0.2, 0.25) is 0 Å². The van der Waals surface area contributed by atoms with Crippen LogP contribution in [0, 0.1) is 5.41 Å². The van der Waals surface area contributed by atoms with Crippen molar-refractivity contribution in [2.45, 2.75) is 19.3 Å². The van der Waals surface area contributed by atoms with Crippen LogP contribution >= 0.6 is 0 Å². The number of hydrogen-bond acceptors (Lipinski definition) is 3. The first-order chi connectivity index (χ1) is 9.19. The van der Waals surface area contributed by atoms with Crippen LogP contribution in [-0.2, 0) is 0 Å². The number of carbonyl (C=O) groups excluding carboxylic acids is 1. The summed E-state index contributed by atoms with van der Waals surface area (Å²) in [7, 11) is 2.18. The largest absolute Gasteiger partial charge is 0.338 e. The first-order valence-electron chi connectivity index (χ1n) is 7.06. The zero-order valence-electron chi connectivity index (χ0n) is 11.5. The molecule has 4 heteroatoms. The molecule has 0 aliphatic carbocycles. The summed E-state index contributed by atoms with van der Waals surface area (Å²) in [6.45, 7) is 4.17. The van der Waals surface area contributed by atoms with Crippen LogP contribution in [-0.4, -0.2) is 53.9 Å². The Morgan fingerprint density at radius 3 is 2.47 bits per heavy atom. The smallest absolute Gasteiger partial charge is 0.253 e. The molecule has 19 heavy (non-hydrogen) atoms. The highest BCUT2D eigenvalue weighted by Gasteiger charge is 2.41. The van der Waals surface area contributed by atoms with Gasteiger partial charge in [0.25, 0.3) is 5.91 Å². The normalized spacial score (nSPS) is 22.9. The monoisotopic (exact) mass is 259 g/mol. The molecule has 0 bridgehead atoms. The molecule has 1 aromatic rings. The lowest BCUT2D eigenvalue weighted by molar-refractivity contribution is 0.0736. The van der Waals surface area contributed by atoms with E-state index in [-0.39, 0.29) is 5.91 Å². The fourth-order valence-electron chi connectivity index (χ4n) is 3.29. The number of hydrogen-bond donors (Lipinski definition) is 0. The maximum absolute atomic E-state index is 12.4. The minimum atomic E-state index is 0.165. The van der Waals surface area contributed by atoms with E-state index in [0.29, 0.717) is 5.41 Å². The second-order valence-electron chi connectivity index (χ2n) is 6.02. The Kier molecular flexibility index (Phi) is 3.27. The summed E-state index contributed by atoms with van der Waals surface area (Å²) in [5, 5.41) is 0. The molecule has 0 saturated carbocycles. The highest BCUT2D eigenvalue weighted by Crippen LogP contribution is 2.40. The number of likely N-dealkylation sites (tertiary alicyclic amines) is 2. The van der Waals surface area contributed by atoms with Crippen LogP contribution in [0.1, 0.15) is 29.6 Å². The fourth-order valence-corrected chi connectivity index (χ4v) is 3.29. The predicted molar refractivity (Wildman–Crippen MR) is 73.9 cm³/mol. The fraction of sp³-hybridized carbons (Fsp3) is 0.600. The molecule has 1 amide bonds. The summed E-state index contributed by atoms with van der Waals surface area (Å²) in [5.74, 6) is 0.165. The van der Waals surface area contributed by atoms with Gasteiger partial charge < -0.3 is 9.80 Å². The van der Waals surface area contributed by atoms with Gasteiger partial charge in [-0.15, -0.1) is 0 Å². The average molecular weight is 259 g/mol. The maximum atomic E-state index is 12.4. The van der Waals surface area contributed by atoms with Gasteiger partial charge in [-0.1, -0.05) is 0 Å². The molecule has 4 nitrogen and oxygen atoms in total. The van der Waals surface area contributed by atoms with Crippen molar-refractivity contribution >= 4 is 5.91 Å². The molecule has 0 N–H and O–H groups in total. The SMILES string of the molecule is CN1CCC2(CC1)CCN(C(=O)c1ccncc1)C2. The molecule has 2 saturated heterocycles. The number of pyridine rings is 1. The van der Waals surface area contributed by atoms with Crippen molar-refractivity contribution in [2.24, 2.45) is 5.41 Å². The van der Waals surface area contributed by atoms with Gasteiger partial charge in [0.15, 0.2) is 0 Å². The van der Waals surface area contributed by atoms with Crippen molar-refractivity contribution in [3.05, 3.63) is 30.1 Å². The summed E-state index contributed by atoms with van der Waals surface area (Å²) < 4.78 is 0. The number of amides is 1. The quantitative estimate of drug-likeness (QED) is 0.769. The molecular formula is C15H21N3O. The van der Waals surface area contributed by atoms with E-state index in [1.807, 2.05) is 17.0 Å². The van der Waals surface area contributed by atoms with E-state index in [9.17, 15) is 4.79 Å². The van der Waals surface area contributed by atoms with Gasteiger partial charge in [-0.05, 0) is 56.9 Å². The molecule has 102 valence electrons. The van der Waals surface area contributed by atoms with Gasteiger partial charge in [0.1, 0.15) is 0 Å². The van der Waals surface area contributed by atoms with Gasteiger partial charge in [-0.3, -0.25) is 9.78 Å². The molecule has 0 atom stereocenters. The molecule has 2 aliphatic heterocycles. The Morgan fingerprint density at radius 2 is 1.79 bits per heavy atom. The summed E-state index contributed by atoms with van der Waals surface area (Å²) in [5.41, 5.74) is 1.15. The molecule has 1 spiro atoms. The van der Waals surface area contributed by atoms with Crippen LogP contribution in [0.3, 0.4) is 0 Å². The highest BCUT2D eigenvalue weighted by atomic mass is 16.2. The Hall–Kier alpha value is -1.42. The Balaban J connectivity index is 1.67. The average Bonchev–Trinajstić information content (AvgIpc) is 2.87. The molecule has 3 heterocycles. The molecule has 0 radical (unpaired) electrons. The summed E-state index contributed by atoms with van der Waals surface area (Å²) in [6.07, 6.45) is 6.99. The zero-order valence-corrected chi connectivity index (χ0v) is 11.5. The van der Waals surface area contributed by atoms with Crippen LogP contribution in [0.2, 0.25) is 0 Å². The van der Waals surface area contributed by atoms with E-state index in [2.05, 4.69) is 16.9 Å². The van der Waals surface area contributed by atoms with E-state index in [1.165, 1.54) is 12.8 Å². The third-order valence-electron chi connectivity index (χ3n) is 4.70. The molecule has 2 aliphatic rings. The van der Waals surface area contributed by atoms with Crippen LogP contribution in [0.5, 0.6) is 0 Å². The molecule has 0 unspecified atom stereocenters. The van der Waals surface area contributed by atoms with Crippen molar-refractivity contribution in [3.8, 4) is 0 Å². The number of piperidine rings is 1. The topological polar surface area (TPSA) is 36.4 Å². The lowest BCUT2D eigenvalue weighted by Crippen LogP contribution is -2.40. The molecule has 2 fully saturated rings. The maximum Gasteiger partial charge on any atom is 0.253 e. The van der Waals surface area contributed by atoms with E-state index in [1.54, 1.807) is 12.4 Å². The first kappa shape index (κ1) is 12.6. The van der Waals surface area contributed by atoms with Crippen molar-refractivity contribution in [1.82, 2.24) is 14.8 Å². The van der Waals surface area contributed by atoms with Crippen LogP contribution < -0.4 is 0 Å². The van der Waals surface area contributed by atoms with E-state index in [4.69, 9.17) is 0 Å². The summed E-state index contributed by atoms with van der Waals surface area (Å²) >= 11 is 0. The number of carbonyl (C=O) groups is 1. The highest BCUT2D eigenvalue weighted by molar-refractivity contribution is 5.94. The van der Waals surface area contributed by atoms with Gasteiger partial charge >= 0.3 is 0 Å². The van der Waals surface area contributed by atoms with E-state index in [0.717, 1.165) is 38.2 Å². The van der Waals surface area contributed by atoms with Crippen LogP contribution in [0.15, 0.2) is 24.5 Å². The minimum Gasteiger partial charge on any atom is -0.338 e. The van der Waals surface area contributed by atoms with Gasteiger partial charge in [0.05, 0.1) is 0 Å². The molecule has 0 aromatic carbocycles. The lowest BCUT2D eigenvalue weighted by Gasteiger charge is -2.37. The second kappa shape index (κ2) is 4.93. The lowest BCUT2D eigenvalue weighted by atomic mass is 9.78. The predicted octanol–water partition coefficient (Wildman–Crippen LogP) is 1.64. The third-order valence-corrected chi connectivity index (χ3v) is 4.70. The Bertz CT molecular complexity index is 452. The van der Waals surface area contributed by atoms with Crippen molar-refractivity contribution in [3.63, 3.8) is 0 Å².